The van der Waals surface area contributed by atoms with Gasteiger partial charge < -0.3 is 14.1 Å². The molecule has 0 fully saturated rings. The van der Waals surface area contributed by atoms with Gasteiger partial charge in [0.2, 0.25) is 0 Å². The Balaban J connectivity index is 0.000000152. The fourth-order valence-corrected chi connectivity index (χ4v) is 10.6. The first-order chi connectivity index (χ1) is 28.1. The molecule has 11 rings (SSSR count). The summed E-state index contributed by atoms with van der Waals surface area (Å²) in [6, 6.07) is 76.9. The first-order valence-electron chi connectivity index (χ1n) is 19.1. The summed E-state index contributed by atoms with van der Waals surface area (Å²) in [6.07, 6.45) is 1.83. The Kier molecular flexibility index (Phi) is 10.2. The minimum absolute atomic E-state index is 0. The van der Waals surface area contributed by atoms with Gasteiger partial charge in [-0.3, -0.25) is 0 Å². The number of benzene rings is 9. The quantitative estimate of drug-likeness (QED) is 0.127. The zero-order valence-electron chi connectivity index (χ0n) is 31.3. The van der Waals surface area contributed by atoms with Crippen molar-refractivity contribution >= 4 is 77.2 Å². The molecule has 3 nitrogen and oxygen atoms in total. The zero-order chi connectivity index (χ0) is 38.2. The SMILES string of the molecule is O=P(c1[c-]cc2ccccc2c1)(c1ccc2ccccc2c1)c1ccc2ccccc2c1.[Ir].[c-]1ccc2c3ccccc3n(-c3ccccc3)c2c1-c1ccccn1. The van der Waals surface area contributed by atoms with Crippen molar-refractivity contribution in [3.05, 3.63) is 225 Å². The zero-order valence-corrected chi connectivity index (χ0v) is 34.6. The van der Waals surface area contributed by atoms with Crippen molar-refractivity contribution in [3.63, 3.8) is 0 Å². The predicted molar refractivity (Wildman–Crippen MR) is 240 cm³/mol. The van der Waals surface area contributed by atoms with E-state index >= 15 is 4.57 Å². The molecular formula is C53H35IrN2OP-2. The number of hydrogen-bond acceptors (Lipinski definition) is 2. The van der Waals surface area contributed by atoms with Crippen LogP contribution in [0.25, 0.3) is 71.1 Å². The summed E-state index contributed by atoms with van der Waals surface area (Å²) in [5.74, 6) is 0. The van der Waals surface area contributed by atoms with Crippen molar-refractivity contribution in [2.45, 2.75) is 0 Å². The predicted octanol–water partition coefficient (Wildman–Crippen LogP) is 12.2. The molecule has 58 heavy (non-hydrogen) atoms. The van der Waals surface area contributed by atoms with Gasteiger partial charge in [0.1, 0.15) is 7.14 Å². The smallest absolute Gasteiger partial charge is 0.147 e. The van der Waals surface area contributed by atoms with E-state index in [1.54, 1.807) is 0 Å². The molecule has 0 spiro atoms. The number of pyridine rings is 1. The van der Waals surface area contributed by atoms with Crippen molar-refractivity contribution in [3.8, 4) is 16.9 Å². The van der Waals surface area contributed by atoms with Gasteiger partial charge in [-0.05, 0) is 74.5 Å². The summed E-state index contributed by atoms with van der Waals surface area (Å²) >= 11 is 0. The second kappa shape index (κ2) is 15.9. The molecule has 0 saturated carbocycles. The van der Waals surface area contributed by atoms with E-state index in [1.807, 2.05) is 97.2 Å². The molecule has 0 saturated heterocycles. The van der Waals surface area contributed by atoms with Crippen LogP contribution in [0, 0.1) is 12.1 Å². The van der Waals surface area contributed by atoms with Crippen LogP contribution in [0.1, 0.15) is 0 Å². The largest absolute Gasteiger partial charge is 0.351 e. The van der Waals surface area contributed by atoms with E-state index in [2.05, 4.69) is 137 Å². The summed E-state index contributed by atoms with van der Waals surface area (Å²) in [4.78, 5) is 4.56. The van der Waals surface area contributed by atoms with Crippen LogP contribution in [0.4, 0.5) is 0 Å². The third kappa shape index (κ3) is 6.66. The fourth-order valence-electron chi connectivity index (χ4n) is 7.98. The van der Waals surface area contributed by atoms with E-state index in [1.165, 1.54) is 16.3 Å². The average Bonchev–Trinajstić information content (AvgIpc) is 3.64. The Morgan fingerprint density at radius 3 is 1.71 bits per heavy atom. The fraction of sp³-hybridized carbons (Fsp3) is 0. The van der Waals surface area contributed by atoms with Crippen LogP contribution in [0.2, 0.25) is 0 Å². The topological polar surface area (TPSA) is 34.9 Å². The van der Waals surface area contributed by atoms with Crippen molar-refractivity contribution < 1.29 is 24.7 Å². The monoisotopic (exact) mass is 939 g/mol. The van der Waals surface area contributed by atoms with Gasteiger partial charge in [0.25, 0.3) is 0 Å². The molecule has 9 aromatic carbocycles. The molecule has 0 bridgehead atoms. The molecular weight excluding hydrogens is 904 g/mol. The molecule has 0 aliphatic rings. The summed E-state index contributed by atoms with van der Waals surface area (Å²) in [6.45, 7) is 0. The van der Waals surface area contributed by atoms with Gasteiger partial charge in [-0.2, -0.15) is 18.2 Å². The Morgan fingerprint density at radius 2 is 1.05 bits per heavy atom. The third-order valence-electron chi connectivity index (χ3n) is 10.8. The number of aromatic nitrogens is 2. The number of rotatable bonds is 5. The molecule has 0 unspecified atom stereocenters. The molecule has 2 heterocycles. The molecule has 1 radical (unpaired) electrons. The summed E-state index contributed by atoms with van der Waals surface area (Å²) < 4.78 is 17.4. The Labute approximate surface area is 351 Å². The molecule has 279 valence electrons. The van der Waals surface area contributed by atoms with Gasteiger partial charge in [-0.25, -0.2) is 0 Å². The Hall–Kier alpha value is -6.41. The minimum Gasteiger partial charge on any atom is -0.351 e. The van der Waals surface area contributed by atoms with Crippen LogP contribution < -0.4 is 15.9 Å². The maximum Gasteiger partial charge on any atom is 0.147 e. The molecule has 0 atom stereocenters. The van der Waals surface area contributed by atoms with Gasteiger partial charge in [0.15, 0.2) is 0 Å². The van der Waals surface area contributed by atoms with Gasteiger partial charge >= 0.3 is 0 Å². The Bertz CT molecular complexity index is 3090. The first-order valence-corrected chi connectivity index (χ1v) is 20.8. The van der Waals surface area contributed by atoms with E-state index in [4.69, 9.17) is 0 Å². The molecule has 0 aliphatic heterocycles. The minimum atomic E-state index is -3.15. The third-order valence-corrected chi connectivity index (χ3v) is 13.7. The maximum absolute atomic E-state index is 15.1. The van der Waals surface area contributed by atoms with Gasteiger partial charge in [-0.15, -0.1) is 40.6 Å². The maximum atomic E-state index is 15.1. The molecule has 0 aliphatic carbocycles. The molecule has 0 N–H and O–H groups in total. The molecule has 11 aromatic rings. The second-order valence-electron chi connectivity index (χ2n) is 14.1. The molecule has 5 heteroatoms. The number of hydrogen-bond donors (Lipinski definition) is 0. The van der Waals surface area contributed by atoms with Crippen molar-refractivity contribution in [1.82, 2.24) is 9.55 Å². The van der Waals surface area contributed by atoms with E-state index in [-0.39, 0.29) is 20.1 Å². The number of para-hydroxylation sites is 2. The van der Waals surface area contributed by atoms with Crippen LogP contribution in [0.3, 0.4) is 0 Å². The second-order valence-corrected chi connectivity index (χ2v) is 16.9. The van der Waals surface area contributed by atoms with Crippen LogP contribution in [-0.4, -0.2) is 9.55 Å². The standard InChI is InChI=1S/C30H20OP.C23H15N2.Ir/c31-32(28-16-13-22-7-1-4-10-25(22)19-28,29-17-14-23-8-2-5-11-26(23)20-29)30-18-15-24-9-3-6-12-27(24)21-30;1-2-9-17(10-3-1)25-22-15-5-4-11-18(22)19-12-8-13-20(23(19)25)21-14-6-7-16-24-21;/h1-17,19-21H;1-12,14-16H;/q2*-1;. The Morgan fingerprint density at radius 1 is 0.483 bits per heavy atom. The van der Waals surface area contributed by atoms with Gasteiger partial charge in [-0.1, -0.05) is 150 Å². The summed E-state index contributed by atoms with van der Waals surface area (Å²) in [5, 5.41) is 11.5. The number of nitrogens with zero attached hydrogens (tertiary/aromatic N) is 2. The van der Waals surface area contributed by atoms with E-state index in [9.17, 15) is 0 Å². The van der Waals surface area contributed by atoms with Crippen LogP contribution in [0.5, 0.6) is 0 Å². The summed E-state index contributed by atoms with van der Waals surface area (Å²) in [7, 11) is -3.15. The van der Waals surface area contributed by atoms with E-state index in [0.717, 1.165) is 70.7 Å². The van der Waals surface area contributed by atoms with Crippen molar-refractivity contribution in [2.75, 3.05) is 0 Å². The normalized spacial score (nSPS) is 11.4. The van der Waals surface area contributed by atoms with Crippen molar-refractivity contribution in [2.24, 2.45) is 0 Å². The molecule has 0 amide bonds. The van der Waals surface area contributed by atoms with Gasteiger partial charge in [0, 0.05) is 48.1 Å². The first kappa shape index (κ1) is 37.2. The average molecular weight is 939 g/mol. The van der Waals surface area contributed by atoms with E-state index < -0.39 is 7.14 Å². The van der Waals surface area contributed by atoms with Crippen LogP contribution in [0.15, 0.2) is 212 Å². The van der Waals surface area contributed by atoms with Crippen molar-refractivity contribution in [1.29, 1.82) is 0 Å². The van der Waals surface area contributed by atoms with Crippen LogP contribution in [-0.2, 0) is 24.7 Å². The summed E-state index contributed by atoms with van der Waals surface area (Å²) in [5.41, 5.74) is 5.45. The number of fused-ring (bicyclic) bond motifs is 6. The van der Waals surface area contributed by atoms with Crippen LogP contribution >= 0.6 is 7.14 Å². The molecule has 2 aromatic heterocycles. The van der Waals surface area contributed by atoms with E-state index in [0.29, 0.717) is 0 Å². The van der Waals surface area contributed by atoms with Gasteiger partial charge in [0.05, 0.1) is 0 Å².